The number of rotatable bonds is 6. The lowest BCUT2D eigenvalue weighted by Gasteiger charge is -2.28. The summed E-state index contributed by atoms with van der Waals surface area (Å²) < 4.78 is 73.4. The number of amidine groups is 1. The summed E-state index contributed by atoms with van der Waals surface area (Å²) in [6.07, 6.45) is -1.50. The van der Waals surface area contributed by atoms with Crippen LogP contribution in [0.4, 0.5) is 27.6 Å². The second-order valence-electron chi connectivity index (χ2n) is 6.74. The second kappa shape index (κ2) is 8.77. The van der Waals surface area contributed by atoms with Gasteiger partial charge >= 0.3 is 6.18 Å². The quantitative estimate of drug-likeness (QED) is 0.645. The fourth-order valence-corrected chi connectivity index (χ4v) is 2.81. The topological polar surface area (TPSA) is 112 Å². The average molecular weight is 457 g/mol. The van der Waals surface area contributed by atoms with E-state index in [9.17, 15) is 26.7 Å². The molecule has 0 bridgehead atoms. The first kappa shape index (κ1) is 22.9. The molecule has 0 unspecified atom stereocenters. The predicted octanol–water partition coefficient (Wildman–Crippen LogP) is 3.22. The summed E-state index contributed by atoms with van der Waals surface area (Å²) in [5.41, 5.74) is 4.05. The van der Waals surface area contributed by atoms with Crippen LogP contribution in [0.2, 0.25) is 0 Å². The molecule has 13 heteroatoms. The zero-order valence-electron chi connectivity index (χ0n) is 16.4. The highest BCUT2D eigenvalue weighted by Crippen LogP contribution is 2.35. The van der Waals surface area contributed by atoms with Crippen molar-refractivity contribution >= 4 is 17.6 Å². The lowest BCUT2D eigenvalue weighted by Crippen LogP contribution is -2.31. The number of hydrogen-bond acceptors (Lipinski definition) is 7. The number of halogens is 5. The molecule has 1 amide bonds. The maximum atomic E-state index is 14.5. The van der Waals surface area contributed by atoms with Crippen LogP contribution in [0, 0.1) is 5.82 Å². The number of hydrogen-bond donors (Lipinski definition) is 2. The van der Waals surface area contributed by atoms with Crippen molar-refractivity contribution < 1.29 is 36.2 Å². The molecule has 0 radical (unpaired) electrons. The van der Waals surface area contributed by atoms with Crippen LogP contribution in [0.3, 0.4) is 0 Å². The van der Waals surface area contributed by atoms with Gasteiger partial charge in [-0.05, 0) is 31.2 Å². The number of nitrogens with one attached hydrogen (secondary N) is 1. The fourth-order valence-electron chi connectivity index (χ4n) is 2.81. The molecule has 3 N–H and O–H groups in total. The molecule has 1 aromatic heterocycles. The highest BCUT2D eigenvalue weighted by atomic mass is 19.4. The maximum Gasteiger partial charge on any atom is 0.422 e. The summed E-state index contributed by atoms with van der Waals surface area (Å²) in [6, 6.07) is 3.26. The fraction of sp³-hybridized carbons (Fsp3) is 0.263. The zero-order chi connectivity index (χ0) is 23.5. The van der Waals surface area contributed by atoms with Gasteiger partial charge in [0.05, 0.1) is 12.4 Å². The molecule has 8 nitrogen and oxygen atoms in total. The number of aromatic nitrogens is 2. The molecule has 0 spiro atoms. The van der Waals surface area contributed by atoms with E-state index in [1.807, 2.05) is 0 Å². The van der Waals surface area contributed by atoms with Gasteiger partial charge in [-0.1, -0.05) is 0 Å². The van der Waals surface area contributed by atoms with Gasteiger partial charge in [-0.25, -0.2) is 23.7 Å². The number of aliphatic imine (C=N–C) groups is 1. The largest absolute Gasteiger partial charge is 0.467 e. The van der Waals surface area contributed by atoms with E-state index in [1.54, 1.807) is 0 Å². The summed E-state index contributed by atoms with van der Waals surface area (Å²) >= 11 is 0. The molecule has 1 atom stereocenters. The molecule has 0 saturated heterocycles. The molecular formula is C19H16F5N5O3. The van der Waals surface area contributed by atoms with E-state index in [0.717, 1.165) is 18.5 Å². The van der Waals surface area contributed by atoms with E-state index >= 15 is 0 Å². The molecule has 32 heavy (non-hydrogen) atoms. The Balaban J connectivity index is 1.78. The Morgan fingerprint density at radius 3 is 2.66 bits per heavy atom. The molecule has 2 heterocycles. The van der Waals surface area contributed by atoms with Gasteiger partial charge in [0.1, 0.15) is 29.5 Å². The molecule has 0 saturated carbocycles. The summed E-state index contributed by atoms with van der Waals surface area (Å²) in [5, 5.41) is 2.46. The van der Waals surface area contributed by atoms with Gasteiger partial charge in [0.2, 0.25) is 5.88 Å². The van der Waals surface area contributed by atoms with Crippen LogP contribution in [0.25, 0.3) is 0 Å². The normalized spacial score (nSPS) is 18.3. The molecular weight excluding hydrogens is 441 g/mol. The first-order valence-corrected chi connectivity index (χ1v) is 8.93. The average Bonchev–Trinajstić information content (AvgIpc) is 2.72. The van der Waals surface area contributed by atoms with Gasteiger partial charge < -0.3 is 20.5 Å². The predicted molar refractivity (Wildman–Crippen MR) is 102 cm³/mol. The Morgan fingerprint density at radius 1 is 1.28 bits per heavy atom. The molecule has 3 rings (SSSR count). The first-order chi connectivity index (χ1) is 15.0. The number of nitrogens with two attached hydrogens (primary N) is 1. The number of carbonyl (C=O) groups is 1. The van der Waals surface area contributed by atoms with Crippen molar-refractivity contribution in [2.24, 2.45) is 10.7 Å². The third-order valence-electron chi connectivity index (χ3n) is 4.17. The Morgan fingerprint density at radius 2 is 2.03 bits per heavy atom. The van der Waals surface area contributed by atoms with E-state index in [2.05, 4.69) is 25.0 Å². The van der Waals surface area contributed by atoms with Crippen molar-refractivity contribution in [2.45, 2.75) is 18.6 Å². The summed E-state index contributed by atoms with van der Waals surface area (Å²) in [7, 11) is 0. The van der Waals surface area contributed by atoms with Gasteiger partial charge in [0, 0.05) is 11.3 Å². The zero-order valence-corrected chi connectivity index (χ0v) is 16.4. The number of benzene rings is 1. The van der Waals surface area contributed by atoms with Crippen LogP contribution in [0.15, 0.2) is 47.4 Å². The Kier molecular flexibility index (Phi) is 6.27. The summed E-state index contributed by atoms with van der Waals surface area (Å²) in [4.78, 5) is 23.7. The minimum atomic E-state index is -4.55. The first-order valence-electron chi connectivity index (χ1n) is 8.93. The maximum absolute atomic E-state index is 14.5. The third kappa shape index (κ3) is 5.47. The number of carbonyl (C=O) groups excluding carboxylic acids is 1. The van der Waals surface area contributed by atoms with Crippen molar-refractivity contribution in [3.8, 4) is 5.88 Å². The Labute approximate surface area is 178 Å². The van der Waals surface area contributed by atoms with Gasteiger partial charge in [0.25, 0.3) is 11.9 Å². The molecule has 0 aliphatic carbocycles. The highest BCUT2D eigenvalue weighted by molar-refractivity contribution is 6.02. The van der Waals surface area contributed by atoms with E-state index in [4.69, 9.17) is 10.5 Å². The van der Waals surface area contributed by atoms with Gasteiger partial charge in [-0.15, -0.1) is 0 Å². The van der Waals surface area contributed by atoms with Crippen LogP contribution in [0.1, 0.15) is 23.0 Å². The Bertz CT molecular complexity index is 1070. The molecule has 170 valence electrons. The number of nitrogens with zero attached hydrogens (tertiary/aromatic N) is 3. The minimum absolute atomic E-state index is 0.0190. The minimum Gasteiger partial charge on any atom is -0.467 e. The highest BCUT2D eigenvalue weighted by Gasteiger charge is 2.32. The van der Waals surface area contributed by atoms with Crippen molar-refractivity contribution in [2.75, 3.05) is 18.6 Å². The van der Waals surface area contributed by atoms with Gasteiger partial charge in [-0.3, -0.25) is 4.79 Å². The molecule has 2 aromatic rings. The van der Waals surface area contributed by atoms with Crippen molar-refractivity contribution in [1.82, 2.24) is 9.97 Å². The number of allylic oxidation sites excluding steroid dienone is 1. The number of anilines is 1. The molecule has 1 aromatic carbocycles. The molecule has 0 fully saturated rings. The number of ether oxygens (including phenoxy) is 2. The number of alkyl halides is 4. The lowest BCUT2D eigenvalue weighted by atomic mass is 9.90. The van der Waals surface area contributed by atoms with Gasteiger partial charge in [-0.2, -0.15) is 13.2 Å². The Hall–Kier alpha value is -3.77. The van der Waals surface area contributed by atoms with Crippen molar-refractivity contribution in [1.29, 1.82) is 0 Å². The van der Waals surface area contributed by atoms with E-state index in [1.165, 1.54) is 25.1 Å². The van der Waals surface area contributed by atoms with Crippen molar-refractivity contribution in [3.63, 3.8) is 0 Å². The molecule has 1 aliphatic heterocycles. The van der Waals surface area contributed by atoms with E-state index < -0.39 is 42.6 Å². The van der Waals surface area contributed by atoms with Crippen LogP contribution in [-0.4, -0.2) is 41.4 Å². The smallest absolute Gasteiger partial charge is 0.422 e. The SMILES string of the molecule is C[C@@]1(c2cc(NC(=O)c3cnc(OCC(F)(F)F)cn3)ccc2F)C=C(CF)OC(N)=N1. The number of amides is 1. The van der Waals surface area contributed by atoms with Crippen LogP contribution >= 0.6 is 0 Å². The lowest BCUT2D eigenvalue weighted by molar-refractivity contribution is -0.154. The summed E-state index contributed by atoms with van der Waals surface area (Å²) in [6.45, 7) is -1.06. The summed E-state index contributed by atoms with van der Waals surface area (Å²) in [5.74, 6) is -2.01. The second-order valence-corrected chi connectivity index (χ2v) is 6.74. The van der Waals surface area contributed by atoms with E-state index in [0.29, 0.717) is 0 Å². The standard InChI is InChI=1S/C19H16F5N5O3/c1-18(5-11(6-20)32-17(25)29-18)12-4-10(2-3-13(12)21)28-16(30)14-7-27-15(8-26-14)31-9-19(22,23)24/h2-5,7-8H,6,9H2,1H3,(H2,25,29)(H,28,30)/t18-/m0/s1. The van der Waals surface area contributed by atoms with Crippen LogP contribution < -0.4 is 15.8 Å². The van der Waals surface area contributed by atoms with Crippen molar-refractivity contribution in [3.05, 3.63) is 59.5 Å². The molecule has 1 aliphatic rings. The van der Waals surface area contributed by atoms with E-state index in [-0.39, 0.29) is 28.7 Å². The van der Waals surface area contributed by atoms with Crippen LogP contribution in [-0.2, 0) is 10.3 Å². The monoisotopic (exact) mass is 457 g/mol. The van der Waals surface area contributed by atoms with Gasteiger partial charge in [0.15, 0.2) is 6.61 Å². The van der Waals surface area contributed by atoms with Crippen LogP contribution in [0.5, 0.6) is 5.88 Å². The third-order valence-corrected chi connectivity index (χ3v) is 4.17.